The van der Waals surface area contributed by atoms with E-state index in [9.17, 15) is 14.5 Å². The van der Waals surface area contributed by atoms with E-state index in [0.29, 0.717) is 26.4 Å². The van der Waals surface area contributed by atoms with E-state index in [2.05, 4.69) is 4.90 Å². The molecule has 0 spiro atoms. The Morgan fingerprint density at radius 2 is 2.16 bits per heavy atom. The minimum Gasteiger partial charge on any atom is -0.489 e. The quantitative estimate of drug-likeness (QED) is 0.598. The van der Waals surface area contributed by atoms with Crippen LogP contribution in [0.25, 0.3) is 0 Å². The number of morpholine rings is 1. The van der Waals surface area contributed by atoms with Gasteiger partial charge in [-0.1, -0.05) is 0 Å². The van der Waals surface area contributed by atoms with Crippen LogP contribution in [0.2, 0.25) is 0 Å². The largest absolute Gasteiger partial charge is 0.489 e. The number of hydrogen-bond acceptors (Lipinski definition) is 5. The SMILES string of the molecule is O=[N+]([O-])c1ccc(OCCN2CCOCC2)c(F)c1. The smallest absolute Gasteiger partial charge is 0.272 e. The summed E-state index contributed by atoms with van der Waals surface area (Å²) in [6.45, 7) is 4.10. The van der Waals surface area contributed by atoms with Crippen LogP contribution in [-0.4, -0.2) is 49.3 Å². The molecule has 2 rings (SSSR count). The van der Waals surface area contributed by atoms with Gasteiger partial charge in [0.2, 0.25) is 0 Å². The lowest BCUT2D eigenvalue weighted by Crippen LogP contribution is -2.38. The molecular weight excluding hydrogens is 255 g/mol. The summed E-state index contributed by atoms with van der Waals surface area (Å²) in [5, 5.41) is 10.5. The molecule has 1 aliphatic heterocycles. The van der Waals surface area contributed by atoms with E-state index in [1.54, 1.807) is 0 Å². The van der Waals surface area contributed by atoms with Crippen LogP contribution in [0.1, 0.15) is 0 Å². The molecular formula is C12H15FN2O4. The molecule has 0 saturated carbocycles. The maximum Gasteiger partial charge on any atom is 0.272 e. The van der Waals surface area contributed by atoms with Crippen molar-refractivity contribution >= 4 is 5.69 Å². The van der Waals surface area contributed by atoms with E-state index < -0.39 is 10.7 Å². The summed E-state index contributed by atoms with van der Waals surface area (Å²) in [6.07, 6.45) is 0. The first-order valence-electron chi connectivity index (χ1n) is 6.03. The fourth-order valence-electron chi connectivity index (χ4n) is 1.83. The summed E-state index contributed by atoms with van der Waals surface area (Å²) in [7, 11) is 0. The van der Waals surface area contributed by atoms with Gasteiger partial charge in [0.25, 0.3) is 5.69 Å². The van der Waals surface area contributed by atoms with Crippen molar-refractivity contribution in [1.29, 1.82) is 0 Å². The summed E-state index contributed by atoms with van der Waals surface area (Å²) in [6, 6.07) is 3.38. The molecule has 104 valence electrons. The van der Waals surface area contributed by atoms with Crippen molar-refractivity contribution in [2.24, 2.45) is 0 Å². The maximum atomic E-state index is 13.5. The Kier molecular flexibility index (Phi) is 4.64. The van der Waals surface area contributed by atoms with Gasteiger partial charge in [-0.3, -0.25) is 15.0 Å². The Bertz CT molecular complexity index is 449. The first-order valence-corrected chi connectivity index (χ1v) is 6.03. The number of halogens is 1. The summed E-state index contributed by atoms with van der Waals surface area (Å²) < 4.78 is 24.0. The minimum absolute atomic E-state index is 0.0406. The molecule has 0 radical (unpaired) electrons. The van der Waals surface area contributed by atoms with Crippen LogP contribution >= 0.6 is 0 Å². The van der Waals surface area contributed by atoms with Gasteiger partial charge in [0.05, 0.1) is 24.2 Å². The van der Waals surface area contributed by atoms with Crippen molar-refractivity contribution < 1.29 is 18.8 Å². The van der Waals surface area contributed by atoms with E-state index in [4.69, 9.17) is 9.47 Å². The zero-order valence-corrected chi connectivity index (χ0v) is 10.4. The average Bonchev–Trinajstić information content (AvgIpc) is 2.41. The van der Waals surface area contributed by atoms with E-state index in [1.807, 2.05) is 0 Å². The second-order valence-corrected chi connectivity index (χ2v) is 4.17. The molecule has 0 N–H and O–H groups in total. The standard InChI is InChI=1S/C12H15FN2O4/c13-11-9-10(15(16)17)1-2-12(11)19-8-5-14-3-6-18-7-4-14/h1-2,9H,3-8H2. The van der Waals surface area contributed by atoms with Gasteiger partial charge in [-0.2, -0.15) is 0 Å². The zero-order chi connectivity index (χ0) is 13.7. The van der Waals surface area contributed by atoms with Crippen molar-refractivity contribution in [3.63, 3.8) is 0 Å². The molecule has 1 aromatic carbocycles. The number of nitrogens with zero attached hydrogens (tertiary/aromatic N) is 2. The van der Waals surface area contributed by atoms with Crippen molar-refractivity contribution in [2.45, 2.75) is 0 Å². The molecule has 6 nitrogen and oxygen atoms in total. The Morgan fingerprint density at radius 1 is 1.42 bits per heavy atom. The Balaban J connectivity index is 1.83. The third-order valence-electron chi connectivity index (χ3n) is 2.90. The summed E-state index contributed by atoms with van der Waals surface area (Å²) in [4.78, 5) is 12.0. The first-order chi connectivity index (χ1) is 9.16. The molecule has 0 aliphatic carbocycles. The van der Waals surface area contributed by atoms with E-state index in [0.717, 1.165) is 19.2 Å². The van der Waals surface area contributed by atoms with Gasteiger partial charge in [-0.25, -0.2) is 4.39 Å². The Hall–Kier alpha value is -1.73. The fourth-order valence-corrected chi connectivity index (χ4v) is 1.83. The van der Waals surface area contributed by atoms with Crippen molar-refractivity contribution in [1.82, 2.24) is 4.90 Å². The highest BCUT2D eigenvalue weighted by molar-refractivity contribution is 5.37. The zero-order valence-electron chi connectivity index (χ0n) is 10.4. The van der Waals surface area contributed by atoms with Crippen LogP contribution in [-0.2, 0) is 4.74 Å². The number of nitro groups is 1. The normalized spacial score (nSPS) is 16.3. The lowest BCUT2D eigenvalue weighted by molar-refractivity contribution is -0.385. The van der Waals surface area contributed by atoms with Crippen LogP contribution < -0.4 is 4.74 Å². The number of non-ortho nitro benzene ring substituents is 1. The molecule has 1 heterocycles. The van der Waals surface area contributed by atoms with E-state index in [-0.39, 0.29) is 11.4 Å². The topological polar surface area (TPSA) is 64.8 Å². The van der Waals surface area contributed by atoms with Gasteiger partial charge >= 0.3 is 0 Å². The van der Waals surface area contributed by atoms with Crippen molar-refractivity contribution in [3.8, 4) is 5.75 Å². The molecule has 1 aliphatic rings. The van der Waals surface area contributed by atoms with Crippen LogP contribution in [0.4, 0.5) is 10.1 Å². The fraction of sp³-hybridized carbons (Fsp3) is 0.500. The maximum absolute atomic E-state index is 13.5. The second-order valence-electron chi connectivity index (χ2n) is 4.17. The Morgan fingerprint density at radius 3 is 2.79 bits per heavy atom. The molecule has 0 atom stereocenters. The molecule has 0 bridgehead atoms. The van der Waals surface area contributed by atoms with Gasteiger partial charge in [-0.15, -0.1) is 0 Å². The summed E-state index contributed by atoms with van der Waals surface area (Å²) in [5.74, 6) is -0.671. The van der Waals surface area contributed by atoms with Crippen LogP contribution in [0, 0.1) is 15.9 Å². The molecule has 7 heteroatoms. The monoisotopic (exact) mass is 270 g/mol. The molecule has 0 unspecified atom stereocenters. The molecule has 19 heavy (non-hydrogen) atoms. The highest BCUT2D eigenvalue weighted by atomic mass is 19.1. The summed E-state index contributed by atoms with van der Waals surface area (Å²) >= 11 is 0. The van der Waals surface area contributed by atoms with Crippen LogP contribution in [0.3, 0.4) is 0 Å². The van der Waals surface area contributed by atoms with Crippen molar-refractivity contribution in [2.75, 3.05) is 39.5 Å². The van der Waals surface area contributed by atoms with E-state index in [1.165, 1.54) is 12.1 Å². The minimum atomic E-state index is -0.712. The number of nitro benzene ring substituents is 1. The predicted octanol–water partition coefficient (Wildman–Crippen LogP) is 1.44. The second kappa shape index (κ2) is 6.44. The third-order valence-corrected chi connectivity index (χ3v) is 2.90. The Labute approximate surface area is 109 Å². The molecule has 1 saturated heterocycles. The molecule has 1 fully saturated rings. The highest BCUT2D eigenvalue weighted by Gasteiger charge is 2.13. The van der Waals surface area contributed by atoms with Gasteiger partial charge < -0.3 is 9.47 Å². The highest BCUT2D eigenvalue weighted by Crippen LogP contribution is 2.22. The number of ether oxygens (including phenoxy) is 2. The van der Waals surface area contributed by atoms with Crippen molar-refractivity contribution in [3.05, 3.63) is 34.1 Å². The summed E-state index contributed by atoms with van der Waals surface area (Å²) in [5.41, 5.74) is -0.280. The van der Waals surface area contributed by atoms with Gasteiger partial charge in [0.15, 0.2) is 11.6 Å². The number of rotatable bonds is 5. The lowest BCUT2D eigenvalue weighted by atomic mass is 10.3. The van der Waals surface area contributed by atoms with Crippen LogP contribution in [0.5, 0.6) is 5.75 Å². The molecule has 0 aromatic heterocycles. The molecule has 0 amide bonds. The van der Waals surface area contributed by atoms with E-state index >= 15 is 0 Å². The van der Waals surface area contributed by atoms with Gasteiger partial charge in [0.1, 0.15) is 6.61 Å². The average molecular weight is 270 g/mol. The number of hydrogen-bond donors (Lipinski definition) is 0. The molecule has 1 aromatic rings. The van der Waals surface area contributed by atoms with Gasteiger partial charge in [-0.05, 0) is 6.07 Å². The lowest BCUT2D eigenvalue weighted by Gasteiger charge is -2.26. The predicted molar refractivity (Wildman–Crippen MR) is 65.8 cm³/mol. The third kappa shape index (κ3) is 3.87. The number of benzene rings is 1. The van der Waals surface area contributed by atoms with Crippen LogP contribution in [0.15, 0.2) is 18.2 Å². The first kappa shape index (κ1) is 13.7. The van der Waals surface area contributed by atoms with Gasteiger partial charge in [0, 0.05) is 25.7 Å².